The molecule has 1 aromatic carbocycles. The van der Waals surface area contributed by atoms with Gasteiger partial charge in [-0.15, -0.1) is 11.8 Å². The van der Waals surface area contributed by atoms with Crippen LogP contribution in [0.2, 0.25) is 0 Å². The van der Waals surface area contributed by atoms with Crippen LogP contribution in [-0.4, -0.2) is 23.1 Å². The number of allylic oxidation sites excluding steroid dienone is 3. The molecule has 0 saturated carbocycles. The van der Waals surface area contributed by atoms with E-state index in [-0.39, 0.29) is 0 Å². The van der Waals surface area contributed by atoms with E-state index < -0.39 is 12.3 Å². The smallest absolute Gasteiger partial charge is 0.333 e. The zero-order chi connectivity index (χ0) is 17.5. The van der Waals surface area contributed by atoms with Crippen LogP contribution in [-0.2, 0) is 9.53 Å². The van der Waals surface area contributed by atoms with Gasteiger partial charge in [-0.2, -0.15) is 0 Å². The Balaban J connectivity index is 1.85. The molecule has 0 amide bonds. The van der Waals surface area contributed by atoms with Crippen LogP contribution in [0.5, 0.6) is 0 Å². The van der Waals surface area contributed by atoms with Crippen molar-refractivity contribution in [2.24, 2.45) is 0 Å². The van der Waals surface area contributed by atoms with Gasteiger partial charge in [0.2, 0.25) is 6.29 Å². The molecule has 1 N–H and O–H groups in total. The van der Waals surface area contributed by atoms with Crippen molar-refractivity contribution in [2.45, 2.75) is 44.8 Å². The number of hydrogen-bond acceptors (Lipinski definition) is 4. The van der Waals surface area contributed by atoms with Crippen molar-refractivity contribution in [3.63, 3.8) is 0 Å². The van der Waals surface area contributed by atoms with Crippen molar-refractivity contribution in [1.82, 2.24) is 0 Å². The minimum atomic E-state index is -1.15. The third-order valence-corrected chi connectivity index (χ3v) is 4.67. The molecular weight excluding hydrogens is 320 g/mol. The van der Waals surface area contributed by atoms with E-state index in [1.165, 1.54) is 17.2 Å². The molecule has 0 bridgehead atoms. The van der Waals surface area contributed by atoms with Crippen molar-refractivity contribution in [3.05, 3.63) is 59.2 Å². The molecule has 3 nitrogen and oxygen atoms in total. The van der Waals surface area contributed by atoms with Gasteiger partial charge in [-0.3, -0.25) is 0 Å². The van der Waals surface area contributed by atoms with Gasteiger partial charge in [-0.25, -0.2) is 4.79 Å². The standard InChI is InChI=1S/C20H24O3S/c1-14(2)5-4-6-15(3)11-12-24-17-9-7-16(8-10-17)18-13-19(21)23-20(18)22/h5,7-11,13,20,22H,4,6,12H2,1-3H3/b15-11+. The van der Waals surface area contributed by atoms with E-state index in [1.807, 2.05) is 24.3 Å². The summed E-state index contributed by atoms with van der Waals surface area (Å²) in [6, 6.07) is 7.82. The fourth-order valence-corrected chi connectivity index (χ4v) is 3.23. The highest BCUT2D eigenvalue weighted by Gasteiger charge is 2.24. The van der Waals surface area contributed by atoms with Gasteiger partial charge < -0.3 is 9.84 Å². The molecule has 0 aliphatic carbocycles. The molecule has 24 heavy (non-hydrogen) atoms. The van der Waals surface area contributed by atoms with Crippen LogP contribution in [0.25, 0.3) is 5.57 Å². The van der Waals surface area contributed by atoms with Gasteiger partial charge in [-0.1, -0.05) is 35.4 Å². The fraction of sp³-hybridized carbons (Fsp3) is 0.350. The van der Waals surface area contributed by atoms with E-state index in [1.54, 1.807) is 11.8 Å². The van der Waals surface area contributed by atoms with Crippen LogP contribution < -0.4 is 0 Å². The quantitative estimate of drug-likeness (QED) is 0.441. The summed E-state index contributed by atoms with van der Waals surface area (Å²) in [5.41, 5.74) is 4.11. The maximum absolute atomic E-state index is 11.1. The third kappa shape index (κ3) is 5.69. The Morgan fingerprint density at radius 3 is 2.50 bits per heavy atom. The number of rotatable bonds is 7. The molecule has 1 aliphatic rings. The Kier molecular flexibility index (Phi) is 6.88. The molecule has 1 atom stereocenters. The Bertz CT molecular complexity index is 665. The molecule has 0 aromatic heterocycles. The van der Waals surface area contributed by atoms with Crippen LogP contribution in [0.3, 0.4) is 0 Å². The molecule has 0 spiro atoms. The van der Waals surface area contributed by atoms with Gasteiger partial charge in [0, 0.05) is 22.3 Å². The lowest BCUT2D eigenvalue weighted by molar-refractivity contribution is -0.149. The summed E-state index contributed by atoms with van der Waals surface area (Å²) in [5.74, 6) is 0.442. The molecule has 4 heteroatoms. The van der Waals surface area contributed by atoms with E-state index in [4.69, 9.17) is 4.74 Å². The Morgan fingerprint density at radius 2 is 1.92 bits per heavy atom. The van der Waals surface area contributed by atoms with Crippen molar-refractivity contribution < 1.29 is 14.6 Å². The molecule has 1 aliphatic heterocycles. The first-order chi connectivity index (χ1) is 11.5. The monoisotopic (exact) mass is 344 g/mol. The summed E-state index contributed by atoms with van der Waals surface area (Å²) in [6.07, 6.45) is 6.93. The first kappa shape index (κ1) is 18.6. The fourth-order valence-electron chi connectivity index (χ4n) is 2.35. The Labute approximate surface area is 148 Å². The molecule has 2 rings (SSSR count). The number of aliphatic hydroxyl groups excluding tert-OH is 1. The number of aliphatic hydroxyl groups is 1. The third-order valence-electron chi connectivity index (χ3n) is 3.73. The second kappa shape index (κ2) is 8.90. The number of thioether (sulfide) groups is 1. The minimum absolute atomic E-state index is 0.496. The lowest BCUT2D eigenvalue weighted by Crippen LogP contribution is -2.09. The van der Waals surface area contributed by atoms with Crippen LogP contribution in [0.1, 0.15) is 39.2 Å². The normalized spacial score (nSPS) is 17.5. The Hall–Kier alpha value is -1.78. The number of cyclic esters (lactones) is 1. The maximum Gasteiger partial charge on any atom is 0.333 e. The molecule has 1 heterocycles. The summed E-state index contributed by atoms with van der Waals surface area (Å²) in [5, 5.41) is 9.66. The topological polar surface area (TPSA) is 46.5 Å². The molecule has 128 valence electrons. The van der Waals surface area contributed by atoms with Gasteiger partial charge in [0.15, 0.2) is 0 Å². The summed E-state index contributed by atoms with van der Waals surface area (Å²) in [6.45, 7) is 6.43. The van der Waals surface area contributed by atoms with Gasteiger partial charge in [0.25, 0.3) is 0 Å². The van der Waals surface area contributed by atoms with Gasteiger partial charge in [-0.05, 0) is 51.3 Å². The first-order valence-corrected chi connectivity index (χ1v) is 9.07. The van der Waals surface area contributed by atoms with E-state index >= 15 is 0 Å². The zero-order valence-corrected chi connectivity index (χ0v) is 15.2. The van der Waals surface area contributed by atoms with Gasteiger partial charge >= 0.3 is 5.97 Å². The average molecular weight is 344 g/mol. The van der Waals surface area contributed by atoms with E-state index in [0.29, 0.717) is 5.57 Å². The second-order valence-electron chi connectivity index (χ2n) is 6.09. The number of esters is 1. The zero-order valence-electron chi connectivity index (χ0n) is 14.4. The van der Waals surface area contributed by atoms with Crippen molar-refractivity contribution in [1.29, 1.82) is 0 Å². The molecule has 0 radical (unpaired) electrons. The molecular formula is C20H24O3S. The summed E-state index contributed by atoms with van der Waals surface area (Å²) in [7, 11) is 0. The lowest BCUT2D eigenvalue weighted by Gasteiger charge is -2.08. The molecule has 0 saturated heterocycles. The van der Waals surface area contributed by atoms with Crippen molar-refractivity contribution >= 4 is 23.3 Å². The number of carbonyl (C=O) groups is 1. The maximum atomic E-state index is 11.1. The highest BCUT2D eigenvalue weighted by Crippen LogP contribution is 2.27. The van der Waals surface area contributed by atoms with Crippen LogP contribution >= 0.6 is 11.8 Å². The van der Waals surface area contributed by atoms with Gasteiger partial charge in [0.05, 0.1) is 0 Å². The Morgan fingerprint density at radius 1 is 1.21 bits per heavy atom. The van der Waals surface area contributed by atoms with Gasteiger partial charge in [0.1, 0.15) is 0 Å². The van der Waals surface area contributed by atoms with E-state index in [9.17, 15) is 9.90 Å². The predicted octanol–water partition coefficient (Wildman–Crippen LogP) is 4.73. The number of carbonyl (C=O) groups excluding carboxylic acids is 1. The summed E-state index contributed by atoms with van der Waals surface area (Å²) < 4.78 is 4.70. The van der Waals surface area contributed by atoms with Crippen LogP contribution in [0, 0.1) is 0 Å². The summed E-state index contributed by atoms with van der Waals surface area (Å²) >= 11 is 1.77. The minimum Gasteiger partial charge on any atom is -0.428 e. The molecule has 0 fully saturated rings. The highest BCUT2D eigenvalue weighted by atomic mass is 32.2. The van der Waals surface area contributed by atoms with Crippen LogP contribution in [0.15, 0.2) is 58.5 Å². The van der Waals surface area contributed by atoms with Crippen LogP contribution in [0.4, 0.5) is 0 Å². The summed E-state index contributed by atoms with van der Waals surface area (Å²) in [4.78, 5) is 12.3. The molecule has 1 unspecified atom stereocenters. The van der Waals surface area contributed by atoms with E-state index in [2.05, 4.69) is 32.9 Å². The molecule has 1 aromatic rings. The lowest BCUT2D eigenvalue weighted by atomic mass is 10.1. The SMILES string of the molecule is CC(C)=CCC/C(C)=C/CSc1ccc(C2=CC(=O)OC2O)cc1. The van der Waals surface area contributed by atoms with E-state index in [0.717, 1.165) is 29.1 Å². The second-order valence-corrected chi connectivity index (χ2v) is 7.19. The number of ether oxygens (including phenoxy) is 1. The average Bonchev–Trinajstić information content (AvgIpc) is 2.86. The predicted molar refractivity (Wildman–Crippen MR) is 99.7 cm³/mol. The number of hydrogen-bond donors (Lipinski definition) is 1. The largest absolute Gasteiger partial charge is 0.428 e. The highest BCUT2D eigenvalue weighted by molar-refractivity contribution is 7.99. The van der Waals surface area contributed by atoms with Crippen molar-refractivity contribution in [3.8, 4) is 0 Å². The number of benzene rings is 1. The first-order valence-electron chi connectivity index (χ1n) is 8.08. The van der Waals surface area contributed by atoms with Crippen molar-refractivity contribution in [2.75, 3.05) is 5.75 Å².